The number of piperazine rings is 1. The van der Waals surface area contributed by atoms with E-state index in [1.54, 1.807) is 19.2 Å². The maximum Gasteiger partial charge on any atom is 0.253 e. The lowest BCUT2D eigenvalue weighted by Crippen LogP contribution is -2.48. The molecule has 0 bridgehead atoms. The number of carbonyl (C=O) groups is 1. The van der Waals surface area contributed by atoms with Crippen LogP contribution in [0.15, 0.2) is 72.8 Å². The van der Waals surface area contributed by atoms with Crippen molar-refractivity contribution in [2.75, 3.05) is 33.3 Å². The van der Waals surface area contributed by atoms with E-state index in [1.165, 1.54) is 6.07 Å². The predicted octanol–water partition coefficient (Wildman–Crippen LogP) is 4.37. The van der Waals surface area contributed by atoms with E-state index in [0.717, 1.165) is 35.7 Å². The van der Waals surface area contributed by atoms with E-state index in [2.05, 4.69) is 4.90 Å². The Kier molecular flexibility index (Phi) is 7.02. The summed E-state index contributed by atoms with van der Waals surface area (Å²) < 4.78 is 24.3. The van der Waals surface area contributed by atoms with Gasteiger partial charge in [-0.15, -0.1) is 0 Å². The van der Waals surface area contributed by atoms with Crippen molar-refractivity contribution >= 4 is 5.91 Å². The number of benzene rings is 3. The van der Waals surface area contributed by atoms with Gasteiger partial charge in [-0.05, 0) is 59.7 Å². The molecule has 5 nitrogen and oxygen atoms in total. The Balaban J connectivity index is 1.26. The number of methoxy groups -OCH3 is 1. The first-order valence-corrected chi connectivity index (χ1v) is 10.7. The van der Waals surface area contributed by atoms with E-state index < -0.39 is 0 Å². The number of carbonyl (C=O) groups excluding carboxylic acids is 1. The minimum Gasteiger partial charge on any atom is -0.497 e. The molecule has 0 spiro atoms. The molecule has 0 atom stereocenters. The van der Waals surface area contributed by atoms with Crippen molar-refractivity contribution in [2.45, 2.75) is 13.2 Å². The van der Waals surface area contributed by atoms with Crippen molar-refractivity contribution in [2.24, 2.45) is 0 Å². The first-order valence-electron chi connectivity index (χ1n) is 10.7. The standard InChI is InChI=1S/C26H27FN2O3/c1-31-24-9-11-25(12-10-24)32-19-20-5-7-22(8-6-20)26(30)29-15-13-28(14-16-29)18-21-3-2-4-23(27)17-21/h2-12,17H,13-16,18-19H2,1H3. The Bertz CT molecular complexity index is 1030. The molecule has 0 aromatic heterocycles. The monoisotopic (exact) mass is 434 g/mol. The SMILES string of the molecule is COc1ccc(OCc2ccc(C(=O)N3CCN(Cc4cccc(F)c4)CC3)cc2)cc1. The van der Waals surface area contributed by atoms with Crippen LogP contribution in [0.2, 0.25) is 0 Å². The van der Waals surface area contributed by atoms with Crippen molar-refractivity contribution in [3.05, 3.63) is 95.3 Å². The van der Waals surface area contributed by atoms with E-state index in [9.17, 15) is 9.18 Å². The maximum absolute atomic E-state index is 13.4. The van der Waals surface area contributed by atoms with Gasteiger partial charge in [-0.1, -0.05) is 24.3 Å². The van der Waals surface area contributed by atoms with Crippen LogP contribution in [-0.2, 0) is 13.2 Å². The molecule has 6 heteroatoms. The average Bonchev–Trinajstić information content (AvgIpc) is 2.83. The summed E-state index contributed by atoms with van der Waals surface area (Å²) >= 11 is 0. The van der Waals surface area contributed by atoms with Crippen molar-refractivity contribution in [1.29, 1.82) is 0 Å². The first kappa shape index (κ1) is 21.8. The third-order valence-corrected chi connectivity index (χ3v) is 5.62. The maximum atomic E-state index is 13.4. The number of hydrogen-bond acceptors (Lipinski definition) is 4. The second-order valence-electron chi connectivity index (χ2n) is 7.86. The van der Waals surface area contributed by atoms with Crippen LogP contribution in [-0.4, -0.2) is 49.0 Å². The zero-order valence-electron chi connectivity index (χ0n) is 18.2. The van der Waals surface area contributed by atoms with Crippen molar-refractivity contribution < 1.29 is 18.7 Å². The quantitative estimate of drug-likeness (QED) is 0.554. The molecule has 0 radical (unpaired) electrons. The van der Waals surface area contributed by atoms with Crippen molar-refractivity contribution in [3.63, 3.8) is 0 Å². The Morgan fingerprint density at radius 2 is 1.56 bits per heavy atom. The first-order chi connectivity index (χ1) is 15.6. The topological polar surface area (TPSA) is 42.0 Å². The molecule has 1 aliphatic heterocycles. The van der Waals surface area contributed by atoms with Gasteiger partial charge in [-0.3, -0.25) is 9.69 Å². The number of nitrogens with zero attached hydrogens (tertiary/aromatic N) is 2. The largest absolute Gasteiger partial charge is 0.497 e. The average molecular weight is 435 g/mol. The van der Waals surface area contributed by atoms with Crippen LogP contribution in [0.25, 0.3) is 0 Å². The number of amides is 1. The van der Waals surface area contributed by atoms with Crippen LogP contribution in [0.4, 0.5) is 4.39 Å². The lowest BCUT2D eigenvalue weighted by molar-refractivity contribution is 0.0628. The molecule has 3 aromatic rings. The third-order valence-electron chi connectivity index (χ3n) is 5.62. The van der Waals surface area contributed by atoms with Gasteiger partial charge < -0.3 is 14.4 Å². The smallest absolute Gasteiger partial charge is 0.253 e. The highest BCUT2D eigenvalue weighted by Crippen LogP contribution is 2.19. The molecule has 3 aromatic carbocycles. The molecule has 0 unspecified atom stereocenters. The van der Waals surface area contributed by atoms with Gasteiger partial charge in [0.2, 0.25) is 0 Å². The molecule has 1 amide bonds. The number of halogens is 1. The van der Waals surface area contributed by atoms with E-state index >= 15 is 0 Å². The second kappa shape index (κ2) is 10.3. The fourth-order valence-corrected chi connectivity index (χ4v) is 3.77. The van der Waals surface area contributed by atoms with Gasteiger partial charge in [0.1, 0.15) is 23.9 Å². The highest BCUT2D eigenvalue weighted by molar-refractivity contribution is 5.94. The fraction of sp³-hybridized carbons (Fsp3) is 0.269. The van der Waals surface area contributed by atoms with E-state index in [-0.39, 0.29) is 11.7 Å². The van der Waals surface area contributed by atoms with E-state index in [4.69, 9.17) is 9.47 Å². The van der Waals surface area contributed by atoms with Gasteiger partial charge in [0.05, 0.1) is 7.11 Å². The third kappa shape index (κ3) is 5.65. The van der Waals surface area contributed by atoms with E-state index in [1.807, 2.05) is 59.5 Å². The molecule has 1 heterocycles. The van der Waals surface area contributed by atoms with Gasteiger partial charge >= 0.3 is 0 Å². The Hall–Kier alpha value is -3.38. The molecule has 4 rings (SSSR count). The summed E-state index contributed by atoms with van der Waals surface area (Å²) in [5.74, 6) is 1.38. The second-order valence-corrected chi connectivity index (χ2v) is 7.86. The Labute approximate surface area is 188 Å². The van der Waals surface area contributed by atoms with Crippen LogP contribution in [0, 0.1) is 5.82 Å². The molecule has 32 heavy (non-hydrogen) atoms. The summed E-state index contributed by atoms with van der Waals surface area (Å²) in [6.07, 6.45) is 0. The Morgan fingerprint density at radius 3 is 2.22 bits per heavy atom. The van der Waals surface area contributed by atoms with Gasteiger partial charge in [0.15, 0.2) is 0 Å². The van der Waals surface area contributed by atoms with Crippen molar-refractivity contribution in [3.8, 4) is 11.5 Å². The van der Waals surface area contributed by atoms with Crippen LogP contribution >= 0.6 is 0 Å². The molecular weight excluding hydrogens is 407 g/mol. The van der Waals surface area contributed by atoms with Crippen LogP contribution in [0.3, 0.4) is 0 Å². The summed E-state index contributed by atoms with van der Waals surface area (Å²) in [6, 6.07) is 21.7. The lowest BCUT2D eigenvalue weighted by Gasteiger charge is -2.34. The Morgan fingerprint density at radius 1 is 0.875 bits per heavy atom. The summed E-state index contributed by atoms with van der Waals surface area (Å²) in [4.78, 5) is 17.0. The summed E-state index contributed by atoms with van der Waals surface area (Å²) in [6.45, 7) is 4.00. The van der Waals surface area contributed by atoms with Crippen LogP contribution in [0.1, 0.15) is 21.5 Å². The predicted molar refractivity (Wildman–Crippen MR) is 121 cm³/mol. The van der Waals surface area contributed by atoms with Gasteiger partial charge in [0, 0.05) is 38.3 Å². The van der Waals surface area contributed by atoms with Gasteiger partial charge in [-0.25, -0.2) is 4.39 Å². The molecule has 0 aliphatic carbocycles. The van der Waals surface area contributed by atoms with Crippen LogP contribution in [0.5, 0.6) is 11.5 Å². The zero-order valence-corrected chi connectivity index (χ0v) is 18.2. The molecule has 0 saturated carbocycles. The highest BCUT2D eigenvalue weighted by atomic mass is 19.1. The minimum absolute atomic E-state index is 0.0398. The minimum atomic E-state index is -0.214. The normalized spacial score (nSPS) is 14.2. The molecule has 1 aliphatic rings. The summed E-state index contributed by atoms with van der Waals surface area (Å²) in [5.41, 5.74) is 2.63. The molecular formula is C26H27FN2O3. The zero-order chi connectivity index (χ0) is 22.3. The number of hydrogen-bond donors (Lipinski definition) is 0. The summed E-state index contributed by atoms with van der Waals surface area (Å²) in [5, 5.41) is 0. The van der Waals surface area contributed by atoms with Gasteiger partial charge in [-0.2, -0.15) is 0 Å². The molecule has 0 N–H and O–H groups in total. The van der Waals surface area contributed by atoms with Gasteiger partial charge in [0.25, 0.3) is 5.91 Å². The fourth-order valence-electron chi connectivity index (χ4n) is 3.77. The molecule has 166 valence electrons. The lowest BCUT2D eigenvalue weighted by atomic mass is 10.1. The molecule has 1 fully saturated rings. The molecule has 1 saturated heterocycles. The van der Waals surface area contributed by atoms with E-state index in [0.29, 0.717) is 31.8 Å². The van der Waals surface area contributed by atoms with Crippen molar-refractivity contribution in [1.82, 2.24) is 9.80 Å². The number of rotatable bonds is 7. The van der Waals surface area contributed by atoms with Crippen LogP contribution < -0.4 is 9.47 Å². The number of ether oxygens (including phenoxy) is 2. The summed E-state index contributed by atoms with van der Waals surface area (Å²) in [7, 11) is 1.63. The highest BCUT2D eigenvalue weighted by Gasteiger charge is 2.22.